The minimum atomic E-state index is -0.638. The van der Waals surface area contributed by atoms with Crippen molar-refractivity contribution in [3.8, 4) is 5.92 Å². The molecule has 1 fully saturated rings. The zero-order valence-corrected chi connectivity index (χ0v) is 7.51. The van der Waals surface area contributed by atoms with Gasteiger partial charge in [0.2, 0.25) is 0 Å². The van der Waals surface area contributed by atoms with E-state index in [2.05, 4.69) is 16.6 Å². The molecule has 1 heterocycles. The topological polar surface area (TPSA) is 58.2 Å². The Labute approximate surface area is 77.2 Å². The molecule has 1 aliphatic heterocycles. The molecule has 1 aliphatic rings. The molecular formula is C6H4IN2O2. The Morgan fingerprint density at radius 3 is 2.64 bits per heavy atom. The van der Waals surface area contributed by atoms with Crippen molar-refractivity contribution in [2.24, 2.45) is 0 Å². The van der Waals surface area contributed by atoms with Crippen LogP contribution in [-0.4, -0.2) is 21.9 Å². The lowest BCUT2D eigenvalue weighted by Gasteiger charge is -2.06. The van der Waals surface area contributed by atoms with Gasteiger partial charge in [-0.25, -0.2) is 4.79 Å². The first-order valence-corrected chi connectivity index (χ1v) is 4.07. The van der Waals surface area contributed by atoms with E-state index < -0.39 is 21.9 Å². The fraction of sp³-hybridized carbons (Fsp3) is 0.333. The van der Waals surface area contributed by atoms with Crippen molar-refractivity contribution >= 4 is 34.5 Å². The molecule has 2 N–H and O–H groups in total. The number of halogens is 1. The van der Waals surface area contributed by atoms with Crippen LogP contribution in [0.25, 0.3) is 0 Å². The molecule has 57 valence electrons. The van der Waals surface area contributed by atoms with E-state index in [1.807, 2.05) is 22.6 Å². The second-order valence-electron chi connectivity index (χ2n) is 1.99. The third kappa shape index (κ3) is 1.63. The van der Waals surface area contributed by atoms with E-state index in [9.17, 15) is 9.59 Å². The first-order chi connectivity index (χ1) is 5.15. The van der Waals surface area contributed by atoms with Crippen LogP contribution in [0.4, 0.5) is 4.79 Å². The lowest BCUT2D eigenvalue weighted by atomic mass is 10.2. The molecule has 5 heteroatoms. The van der Waals surface area contributed by atoms with Crippen LogP contribution in [0.1, 0.15) is 0 Å². The highest BCUT2D eigenvalue weighted by molar-refractivity contribution is 14.1. The maximum absolute atomic E-state index is 10.9. The standard InChI is InChI=1S/C6H4IN2O2/c1-2-3(7)4-5(10)9-6(11)8-4/h3-4H,(H2,8,9,10,11). The van der Waals surface area contributed by atoms with Crippen LogP contribution < -0.4 is 10.6 Å². The molecule has 0 spiro atoms. The number of urea groups is 1. The van der Waals surface area contributed by atoms with Gasteiger partial charge in [-0.3, -0.25) is 10.1 Å². The molecular weight excluding hydrogens is 259 g/mol. The van der Waals surface area contributed by atoms with Crippen LogP contribution in [0.5, 0.6) is 0 Å². The van der Waals surface area contributed by atoms with E-state index in [1.54, 1.807) is 0 Å². The van der Waals surface area contributed by atoms with Gasteiger partial charge >= 0.3 is 6.03 Å². The summed E-state index contributed by atoms with van der Waals surface area (Å²) in [5, 5.41) is 4.43. The molecule has 1 rings (SSSR count). The summed E-state index contributed by atoms with van der Waals surface area (Å²) in [6, 6.07) is -1.14. The Hall–Kier alpha value is -0.770. The molecule has 1 saturated heterocycles. The van der Waals surface area contributed by atoms with Crippen LogP contribution in [0.2, 0.25) is 0 Å². The first-order valence-electron chi connectivity index (χ1n) is 2.83. The van der Waals surface area contributed by atoms with Crippen molar-refractivity contribution in [2.75, 3.05) is 0 Å². The highest BCUT2D eigenvalue weighted by atomic mass is 127. The third-order valence-electron chi connectivity index (χ3n) is 1.24. The second-order valence-corrected chi connectivity index (χ2v) is 3.33. The molecule has 0 aromatic rings. The largest absolute Gasteiger partial charge is 0.324 e. The second kappa shape index (κ2) is 3.09. The third-order valence-corrected chi connectivity index (χ3v) is 2.27. The Morgan fingerprint density at radius 2 is 2.27 bits per heavy atom. The van der Waals surface area contributed by atoms with Gasteiger partial charge in [-0.05, 0) is 6.42 Å². The average Bonchev–Trinajstić information content (AvgIpc) is 2.28. The quantitative estimate of drug-likeness (QED) is 0.292. The number of carbonyl (C=O) groups is 2. The van der Waals surface area contributed by atoms with E-state index in [4.69, 9.17) is 6.42 Å². The van der Waals surface area contributed by atoms with Gasteiger partial charge in [-0.15, -0.1) is 0 Å². The van der Waals surface area contributed by atoms with E-state index >= 15 is 0 Å². The van der Waals surface area contributed by atoms with Crippen LogP contribution in [0, 0.1) is 12.3 Å². The van der Waals surface area contributed by atoms with Crippen molar-refractivity contribution in [3.05, 3.63) is 6.42 Å². The van der Waals surface area contributed by atoms with Crippen LogP contribution in [0.3, 0.4) is 0 Å². The van der Waals surface area contributed by atoms with E-state index in [0.29, 0.717) is 0 Å². The Bertz CT molecular complexity index is 245. The van der Waals surface area contributed by atoms with Gasteiger partial charge in [-0.2, -0.15) is 0 Å². The van der Waals surface area contributed by atoms with Gasteiger partial charge in [-0.1, -0.05) is 28.5 Å². The molecule has 0 aromatic carbocycles. The summed E-state index contributed by atoms with van der Waals surface area (Å²) in [6.45, 7) is 0. The Balaban J connectivity index is 2.69. The SMILES string of the molecule is [C]#CC(I)C1NC(=O)NC1=O. The van der Waals surface area contributed by atoms with Gasteiger partial charge in [0.1, 0.15) is 9.97 Å². The number of nitrogens with one attached hydrogen (secondary N) is 2. The maximum Gasteiger partial charge on any atom is 0.322 e. The smallest absolute Gasteiger partial charge is 0.322 e. The maximum atomic E-state index is 10.9. The van der Waals surface area contributed by atoms with Gasteiger partial charge in [0.25, 0.3) is 5.91 Å². The Kier molecular flexibility index (Phi) is 2.34. The summed E-state index contributed by atoms with van der Waals surface area (Å²) in [4.78, 5) is 21.4. The molecule has 0 aromatic heterocycles. The van der Waals surface area contributed by atoms with Crippen LogP contribution in [0.15, 0.2) is 0 Å². The first kappa shape index (κ1) is 8.33. The summed E-state index contributed by atoms with van der Waals surface area (Å²) in [5.41, 5.74) is 0. The highest BCUT2D eigenvalue weighted by Gasteiger charge is 2.33. The van der Waals surface area contributed by atoms with E-state index in [-0.39, 0.29) is 0 Å². The molecule has 2 atom stereocenters. The molecule has 1 radical (unpaired) electrons. The number of carbonyl (C=O) groups excluding carboxylic acids is 2. The zero-order valence-electron chi connectivity index (χ0n) is 5.35. The zero-order chi connectivity index (χ0) is 8.43. The summed E-state index contributed by atoms with van der Waals surface area (Å²) < 4.78 is -0.404. The predicted molar refractivity (Wildman–Crippen MR) is 45.4 cm³/mol. The van der Waals surface area contributed by atoms with Crippen molar-refractivity contribution in [1.29, 1.82) is 0 Å². The molecule has 2 unspecified atom stereocenters. The number of hydrogen-bond acceptors (Lipinski definition) is 2. The minimum Gasteiger partial charge on any atom is -0.324 e. The van der Waals surface area contributed by atoms with Gasteiger partial charge in [0.15, 0.2) is 0 Å². The monoisotopic (exact) mass is 263 g/mol. The molecule has 0 aliphatic carbocycles. The number of hydrogen-bond donors (Lipinski definition) is 2. The van der Waals surface area contributed by atoms with Crippen molar-refractivity contribution in [2.45, 2.75) is 9.97 Å². The average molecular weight is 263 g/mol. The number of rotatable bonds is 1. The van der Waals surface area contributed by atoms with Gasteiger partial charge in [0.05, 0.1) is 0 Å². The summed E-state index contributed by atoms with van der Waals surface area (Å²) >= 11 is 1.86. The van der Waals surface area contributed by atoms with E-state index in [1.165, 1.54) is 0 Å². The number of alkyl halides is 1. The molecule has 11 heavy (non-hydrogen) atoms. The summed E-state index contributed by atoms with van der Waals surface area (Å²) in [5.74, 6) is 1.72. The van der Waals surface area contributed by atoms with Gasteiger partial charge < -0.3 is 5.32 Å². The fourth-order valence-electron chi connectivity index (χ4n) is 0.722. The lowest BCUT2D eigenvalue weighted by molar-refractivity contribution is -0.119. The molecule has 3 amide bonds. The number of imide groups is 1. The van der Waals surface area contributed by atoms with Crippen LogP contribution in [-0.2, 0) is 4.79 Å². The highest BCUT2D eigenvalue weighted by Crippen LogP contribution is 2.08. The molecule has 0 saturated carbocycles. The predicted octanol–water partition coefficient (Wildman–Crippen LogP) is -0.412. The van der Waals surface area contributed by atoms with E-state index in [0.717, 1.165) is 0 Å². The lowest BCUT2D eigenvalue weighted by Crippen LogP contribution is -2.36. The van der Waals surface area contributed by atoms with Crippen molar-refractivity contribution in [3.63, 3.8) is 0 Å². The summed E-state index contributed by atoms with van der Waals surface area (Å²) in [6.07, 6.45) is 6.74. The van der Waals surface area contributed by atoms with Crippen LogP contribution >= 0.6 is 22.6 Å². The normalized spacial score (nSPS) is 25.3. The summed E-state index contributed by atoms with van der Waals surface area (Å²) in [7, 11) is 0. The molecule has 0 bridgehead atoms. The number of amides is 3. The fourth-order valence-corrected chi connectivity index (χ4v) is 1.23. The molecule has 4 nitrogen and oxygen atoms in total. The van der Waals surface area contributed by atoms with Crippen molar-refractivity contribution < 1.29 is 9.59 Å². The van der Waals surface area contributed by atoms with Crippen molar-refractivity contribution in [1.82, 2.24) is 10.6 Å². The minimum absolute atomic E-state index is 0.394. The van der Waals surface area contributed by atoms with Gasteiger partial charge in [0, 0.05) is 0 Å². The Morgan fingerprint density at radius 1 is 1.64 bits per heavy atom.